The Kier molecular flexibility index (Phi) is 5.82. The van der Waals surface area contributed by atoms with Gasteiger partial charge in [-0.3, -0.25) is 4.79 Å². The number of hydrogen-bond donors (Lipinski definition) is 1. The number of aromatic nitrogens is 4. The Hall–Kier alpha value is -2.48. The Morgan fingerprint density at radius 2 is 2.27 bits per heavy atom. The minimum atomic E-state index is -0.253. The molecule has 1 atom stereocenters. The van der Waals surface area contributed by atoms with Gasteiger partial charge >= 0.3 is 0 Å². The van der Waals surface area contributed by atoms with E-state index in [0.717, 1.165) is 23.8 Å². The molecular weight excluding hydrogens is 332 g/mol. The zero-order chi connectivity index (χ0) is 18.5. The van der Waals surface area contributed by atoms with E-state index in [2.05, 4.69) is 27.2 Å². The number of nitrogens with zero attached hydrogens (tertiary/aromatic N) is 5. The fraction of sp³-hybridized carbons (Fsp3) is 0.556. The summed E-state index contributed by atoms with van der Waals surface area (Å²) in [6.45, 7) is 6.13. The van der Waals surface area contributed by atoms with Gasteiger partial charge in [0.2, 0.25) is 5.91 Å². The highest BCUT2D eigenvalue weighted by Gasteiger charge is 2.30. The van der Waals surface area contributed by atoms with Gasteiger partial charge in [0.15, 0.2) is 5.82 Å². The van der Waals surface area contributed by atoms with Gasteiger partial charge in [-0.2, -0.15) is 0 Å². The van der Waals surface area contributed by atoms with Gasteiger partial charge in [-0.15, -0.1) is 0 Å². The van der Waals surface area contributed by atoms with Crippen LogP contribution in [0.25, 0.3) is 0 Å². The molecule has 1 unspecified atom stereocenters. The standard InChI is InChI=1S/C18H26N6O2/c1-4-16-20-6-8-23(16)7-5-17(25)24-9-10-26-12-14(24)18-21-13(2)11-15(19-3)22-18/h6,8,11,14H,4-5,7,9-10,12H2,1-3H3,(H,19,21,22). The van der Waals surface area contributed by atoms with Gasteiger partial charge < -0.3 is 19.5 Å². The number of aryl methyl sites for hydroxylation is 3. The van der Waals surface area contributed by atoms with Crippen molar-refractivity contribution in [1.29, 1.82) is 0 Å². The van der Waals surface area contributed by atoms with Crippen LogP contribution < -0.4 is 5.32 Å². The summed E-state index contributed by atoms with van der Waals surface area (Å²) < 4.78 is 7.65. The van der Waals surface area contributed by atoms with Gasteiger partial charge in [0.25, 0.3) is 0 Å². The predicted octanol–water partition coefficient (Wildman–Crippen LogP) is 1.58. The van der Waals surface area contributed by atoms with E-state index < -0.39 is 0 Å². The molecule has 1 aliphatic heterocycles. The first-order valence-electron chi connectivity index (χ1n) is 9.03. The van der Waals surface area contributed by atoms with Crippen molar-refractivity contribution in [3.8, 4) is 0 Å². The van der Waals surface area contributed by atoms with Gasteiger partial charge in [0.05, 0.1) is 13.2 Å². The van der Waals surface area contributed by atoms with Crippen molar-refractivity contribution in [2.24, 2.45) is 0 Å². The molecule has 2 aromatic rings. The normalized spacial score (nSPS) is 17.3. The van der Waals surface area contributed by atoms with Crippen LogP contribution in [0.5, 0.6) is 0 Å². The molecule has 1 N–H and O–H groups in total. The molecule has 8 heteroatoms. The third kappa shape index (κ3) is 4.01. The van der Waals surface area contributed by atoms with E-state index in [1.165, 1.54) is 0 Å². The van der Waals surface area contributed by atoms with Crippen LogP contribution >= 0.6 is 0 Å². The monoisotopic (exact) mass is 358 g/mol. The molecule has 0 aliphatic carbocycles. The van der Waals surface area contributed by atoms with Crippen molar-refractivity contribution in [3.63, 3.8) is 0 Å². The lowest BCUT2D eigenvalue weighted by molar-refractivity contribution is -0.140. The Morgan fingerprint density at radius 3 is 3.04 bits per heavy atom. The van der Waals surface area contributed by atoms with Gasteiger partial charge in [0, 0.05) is 57.1 Å². The number of nitrogens with one attached hydrogen (secondary N) is 1. The topological polar surface area (TPSA) is 85.2 Å². The maximum atomic E-state index is 12.9. The Morgan fingerprint density at radius 1 is 1.42 bits per heavy atom. The molecule has 26 heavy (non-hydrogen) atoms. The molecule has 1 fully saturated rings. The second-order valence-electron chi connectivity index (χ2n) is 6.32. The molecule has 0 radical (unpaired) electrons. The quantitative estimate of drug-likeness (QED) is 0.844. The minimum absolute atomic E-state index is 0.0881. The van der Waals surface area contributed by atoms with E-state index in [1.54, 1.807) is 6.20 Å². The molecule has 0 bridgehead atoms. The first-order valence-corrected chi connectivity index (χ1v) is 9.03. The molecule has 1 saturated heterocycles. The lowest BCUT2D eigenvalue weighted by Crippen LogP contribution is -2.44. The predicted molar refractivity (Wildman–Crippen MR) is 97.8 cm³/mol. The number of ether oxygens (including phenoxy) is 1. The lowest BCUT2D eigenvalue weighted by atomic mass is 10.2. The molecule has 0 spiro atoms. The van der Waals surface area contributed by atoms with Crippen LogP contribution in [0.15, 0.2) is 18.5 Å². The lowest BCUT2D eigenvalue weighted by Gasteiger charge is -2.35. The van der Waals surface area contributed by atoms with Gasteiger partial charge in [-0.1, -0.05) is 6.92 Å². The van der Waals surface area contributed by atoms with E-state index in [4.69, 9.17) is 4.74 Å². The molecule has 140 valence electrons. The minimum Gasteiger partial charge on any atom is -0.377 e. The molecule has 2 aromatic heterocycles. The van der Waals surface area contributed by atoms with Gasteiger partial charge in [-0.05, 0) is 6.92 Å². The number of morpholine rings is 1. The summed E-state index contributed by atoms with van der Waals surface area (Å²) in [6.07, 6.45) is 4.97. The molecule has 0 aromatic carbocycles. The Balaban J connectivity index is 1.74. The molecule has 1 aliphatic rings. The smallest absolute Gasteiger partial charge is 0.225 e. The van der Waals surface area contributed by atoms with Crippen molar-refractivity contribution in [2.45, 2.75) is 39.3 Å². The van der Waals surface area contributed by atoms with Gasteiger partial charge in [-0.25, -0.2) is 15.0 Å². The van der Waals surface area contributed by atoms with E-state index in [0.29, 0.717) is 38.5 Å². The summed E-state index contributed by atoms with van der Waals surface area (Å²) in [6, 6.07) is 1.63. The maximum absolute atomic E-state index is 12.9. The van der Waals surface area contributed by atoms with Crippen molar-refractivity contribution in [2.75, 3.05) is 32.1 Å². The first kappa shape index (κ1) is 18.3. The van der Waals surface area contributed by atoms with Crippen molar-refractivity contribution >= 4 is 11.7 Å². The van der Waals surface area contributed by atoms with E-state index >= 15 is 0 Å². The van der Waals surface area contributed by atoms with Crippen LogP contribution in [0.1, 0.15) is 36.7 Å². The number of rotatable bonds is 6. The number of anilines is 1. The van der Waals surface area contributed by atoms with Crippen molar-refractivity contribution < 1.29 is 9.53 Å². The molecule has 1 amide bonds. The van der Waals surface area contributed by atoms with Crippen molar-refractivity contribution in [3.05, 3.63) is 35.8 Å². The van der Waals surface area contributed by atoms with Crippen LogP contribution in [0.3, 0.4) is 0 Å². The fourth-order valence-electron chi connectivity index (χ4n) is 3.20. The second-order valence-corrected chi connectivity index (χ2v) is 6.32. The fourth-order valence-corrected chi connectivity index (χ4v) is 3.20. The van der Waals surface area contributed by atoms with E-state index in [-0.39, 0.29) is 11.9 Å². The number of hydrogen-bond acceptors (Lipinski definition) is 6. The number of carbonyl (C=O) groups excluding carboxylic acids is 1. The summed E-state index contributed by atoms with van der Waals surface area (Å²) in [5, 5.41) is 3.04. The van der Waals surface area contributed by atoms with Crippen LogP contribution in [0.2, 0.25) is 0 Å². The van der Waals surface area contributed by atoms with Crippen molar-refractivity contribution in [1.82, 2.24) is 24.4 Å². The second kappa shape index (κ2) is 8.27. The zero-order valence-corrected chi connectivity index (χ0v) is 15.6. The third-order valence-electron chi connectivity index (χ3n) is 4.56. The SMILES string of the molecule is CCc1nccn1CCC(=O)N1CCOCC1c1nc(C)cc(NC)n1. The average Bonchev–Trinajstić information content (AvgIpc) is 3.13. The zero-order valence-electron chi connectivity index (χ0n) is 15.6. The van der Waals surface area contributed by atoms with Crippen LogP contribution in [-0.2, 0) is 22.5 Å². The molecule has 3 heterocycles. The highest BCUT2D eigenvalue weighted by atomic mass is 16.5. The molecule has 8 nitrogen and oxygen atoms in total. The summed E-state index contributed by atoms with van der Waals surface area (Å²) >= 11 is 0. The van der Waals surface area contributed by atoms with E-state index in [9.17, 15) is 4.79 Å². The molecule has 3 rings (SSSR count). The largest absolute Gasteiger partial charge is 0.377 e. The maximum Gasteiger partial charge on any atom is 0.225 e. The van der Waals surface area contributed by atoms with Gasteiger partial charge in [0.1, 0.15) is 17.7 Å². The number of imidazole rings is 1. The Bertz CT molecular complexity index is 760. The number of carbonyl (C=O) groups is 1. The van der Waals surface area contributed by atoms with Crippen LogP contribution in [-0.4, -0.2) is 57.1 Å². The Labute approximate surface area is 153 Å². The van der Waals surface area contributed by atoms with Crippen LogP contribution in [0.4, 0.5) is 5.82 Å². The molecule has 0 saturated carbocycles. The summed E-state index contributed by atoms with van der Waals surface area (Å²) in [4.78, 5) is 28.1. The highest BCUT2D eigenvalue weighted by Crippen LogP contribution is 2.24. The summed E-state index contributed by atoms with van der Waals surface area (Å²) in [5.41, 5.74) is 0.864. The van der Waals surface area contributed by atoms with Crippen LogP contribution in [0, 0.1) is 6.92 Å². The van der Waals surface area contributed by atoms with E-state index in [1.807, 2.05) is 35.7 Å². The highest BCUT2D eigenvalue weighted by molar-refractivity contribution is 5.76. The summed E-state index contributed by atoms with van der Waals surface area (Å²) in [7, 11) is 1.82. The summed E-state index contributed by atoms with van der Waals surface area (Å²) in [5.74, 6) is 2.46. The molecular formula is C18H26N6O2. The average molecular weight is 358 g/mol. The number of amides is 1. The first-order chi connectivity index (χ1) is 12.6. The third-order valence-corrected chi connectivity index (χ3v) is 4.56.